The molecule has 0 unspecified atom stereocenters. The highest BCUT2D eigenvalue weighted by Gasteiger charge is 2.31. The second-order valence-corrected chi connectivity index (χ2v) is 7.00. The Balaban J connectivity index is 1.71. The normalized spacial score (nSPS) is 19.0. The standard InChI is InChI=1S/C19H16N4O3S/c1-11-6-7-15-14(8-11)17(18(25)20-15)21-22-19-23(16(24)10-27-19)12-4-3-5-13(9-12)26-2/h3-9H,10H2,1-2H3,(H,20,21,25). The molecule has 0 aromatic heterocycles. The zero-order valence-corrected chi connectivity index (χ0v) is 15.5. The van der Waals surface area contributed by atoms with Crippen LogP contribution in [0.25, 0.3) is 0 Å². The van der Waals surface area contributed by atoms with Crippen molar-refractivity contribution in [3.05, 3.63) is 53.6 Å². The minimum atomic E-state index is -0.304. The molecule has 2 aliphatic heterocycles. The van der Waals surface area contributed by atoms with E-state index < -0.39 is 0 Å². The van der Waals surface area contributed by atoms with E-state index in [9.17, 15) is 9.59 Å². The van der Waals surface area contributed by atoms with Gasteiger partial charge in [-0.15, -0.1) is 10.2 Å². The zero-order chi connectivity index (χ0) is 19.0. The fraction of sp³-hybridized carbons (Fsp3) is 0.158. The van der Waals surface area contributed by atoms with Crippen molar-refractivity contribution < 1.29 is 14.3 Å². The van der Waals surface area contributed by atoms with Gasteiger partial charge in [0, 0.05) is 11.6 Å². The summed E-state index contributed by atoms with van der Waals surface area (Å²) in [6.07, 6.45) is 0. The van der Waals surface area contributed by atoms with E-state index in [1.807, 2.05) is 25.1 Å². The number of benzene rings is 2. The van der Waals surface area contributed by atoms with Crippen molar-refractivity contribution >= 4 is 45.8 Å². The van der Waals surface area contributed by atoms with E-state index in [2.05, 4.69) is 15.5 Å². The average Bonchev–Trinajstić information content (AvgIpc) is 3.19. The fourth-order valence-corrected chi connectivity index (χ4v) is 3.72. The summed E-state index contributed by atoms with van der Waals surface area (Å²) in [7, 11) is 1.57. The summed E-state index contributed by atoms with van der Waals surface area (Å²) < 4.78 is 5.23. The van der Waals surface area contributed by atoms with Crippen molar-refractivity contribution in [1.29, 1.82) is 0 Å². The van der Waals surface area contributed by atoms with Gasteiger partial charge in [-0.3, -0.25) is 14.5 Å². The van der Waals surface area contributed by atoms with Crippen LogP contribution in [0.4, 0.5) is 11.4 Å². The Morgan fingerprint density at radius 3 is 2.81 bits per heavy atom. The van der Waals surface area contributed by atoms with Gasteiger partial charge < -0.3 is 10.1 Å². The highest BCUT2D eigenvalue weighted by Crippen LogP contribution is 2.30. The number of carbonyl (C=O) groups excluding carboxylic acids is 2. The summed E-state index contributed by atoms with van der Waals surface area (Å²) in [6, 6.07) is 12.8. The Hall–Kier alpha value is -3.13. The number of fused-ring (bicyclic) bond motifs is 1. The number of methoxy groups -OCH3 is 1. The Labute approximate surface area is 160 Å². The minimum absolute atomic E-state index is 0.0979. The van der Waals surface area contributed by atoms with Gasteiger partial charge in [-0.25, -0.2) is 0 Å². The number of hydrogen-bond acceptors (Lipinski definition) is 6. The van der Waals surface area contributed by atoms with Crippen LogP contribution >= 0.6 is 11.8 Å². The molecule has 0 radical (unpaired) electrons. The third-order valence-corrected chi connectivity index (χ3v) is 5.12. The van der Waals surface area contributed by atoms with Gasteiger partial charge >= 0.3 is 0 Å². The van der Waals surface area contributed by atoms with Crippen LogP contribution in [-0.2, 0) is 9.59 Å². The number of nitrogens with one attached hydrogen (secondary N) is 1. The molecule has 8 heteroatoms. The molecule has 7 nitrogen and oxygen atoms in total. The lowest BCUT2D eigenvalue weighted by Gasteiger charge is -2.15. The summed E-state index contributed by atoms with van der Waals surface area (Å²) in [6.45, 7) is 1.95. The smallest absolute Gasteiger partial charge is 0.276 e. The highest BCUT2D eigenvalue weighted by atomic mass is 32.2. The molecule has 2 aromatic rings. The van der Waals surface area contributed by atoms with E-state index >= 15 is 0 Å². The molecular formula is C19H16N4O3S. The van der Waals surface area contributed by atoms with Crippen LogP contribution in [0.2, 0.25) is 0 Å². The summed E-state index contributed by atoms with van der Waals surface area (Å²) in [4.78, 5) is 26.1. The summed E-state index contributed by atoms with van der Waals surface area (Å²) in [5.74, 6) is 0.506. The van der Waals surface area contributed by atoms with Gasteiger partial charge in [-0.2, -0.15) is 0 Å². The predicted molar refractivity (Wildman–Crippen MR) is 107 cm³/mol. The molecule has 2 aliphatic rings. The quantitative estimate of drug-likeness (QED) is 0.830. The first-order valence-electron chi connectivity index (χ1n) is 8.24. The Morgan fingerprint density at radius 2 is 2.00 bits per heavy atom. The molecule has 0 aliphatic carbocycles. The van der Waals surface area contributed by atoms with E-state index in [1.54, 1.807) is 31.4 Å². The largest absolute Gasteiger partial charge is 0.497 e. The fourth-order valence-electron chi connectivity index (χ4n) is 2.90. The number of nitrogens with zero attached hydrogens (tertiary/aromatic N) is 3. The number of thioether (sulfide) groups is 1. The molecule has 1 fully saturated rings. The molecule has 1 saturated heterocycles. The lowest BCUT2D eigenvalue weighted by Crippen LogP contribution is -2.29. The summed E-state index contributed by atoms with van der Waals surface area (Å²) in [5, 5.41) is 11.6. The van der Waals surface area contributed by atoms with Gasteiger partial charge in [-0.05, 0) is 31.2 Å². The van der Waals surface area contributed by atoms with Gasteiger partial charge in [0.05, 0.1) is 24.2 Å². The molecule has 0 spiro atoms. The molecule has 2 aromatic carbocycles. The van der Waals surface area contributed by atoms with E-state index in [1.165, 1.54) is 16.7 Å². The topological polar surface area (TPSA) is 83.4 Å². The first-order valence-corrected chi connectivity index (χ1v) is 9.23. The van der Waals surface area contributed by atoms with Gasteiger partial charge in [-0.1, -0.05) is 29.5 Å². The number of amides is 2. The maximum Gasteiger partial charge on any atom is 0.276 e. The molecular weight excluding hydrogens is 364 g/mol. The van der Waals surface area contributed by atoms with Crippen molar-refractivity contribution in [2.45, 2.75) is 6.92 Å². The third kappa shape index (κ3) is 3.19. The van der Waals surface area contributed by atoms with Crippen molar-refractivity contribution in [1.82, 2.24) is 0 Å². The maximum atomic E-state index is 12.3. The van der Waals surface area contributed by atoms with Gasteiger partial charge in [0.1, 0.15) is 5.75 Å². The molecule has 27 heavy (non-hydrogen) atoms. The molecule has 2 amide bonds. The number of amidine groups is 1. The van der Waals surface area contributed by atoms with Crippen LogP contribution in [0.1, 0.15) is 11.1 Å². The second kappa shape index (κ2) is 6.88. The molecule has 1 N–H and O–H groups in total. The first kappa shape index (κ1) is 17.3. The molecule has 2 heterocycles. The summed E-state index contributed by atoms with van der Waals surface area (Å²) >= 11 is 1.28. The number of carbonyl (C=O) groups is 2. The Bertz CT molecular complexity index is 1020. The second-order valence-electron chi connectivity index (χ2n) is 6.05. The lowest BCUT2D eigenvalue weighted by molar-refractivity contribution is -0.115. The van der Waals surface area contributed by atoms with Gasteiger partial charge in [0.2, 0.25) is 5.91 Å². The SMILES string of the molecule is COc1cccc(N2C(=O)CSC2=NN=C2C(=O)Nc3ccc(C)cc32)c1. The average molecular weight is 380 g/mol. The Morgan fingerprint density at radius 1 is 1.15 bits per heavy atom. The van der Waals surface area contributed by atoms with Crippen molar-refractivity contribution in [2.24, 2.45) is 10.2 Å². The number of anilines is 2. The minimum Gasteiger partial charge on any atom is -0.497 e. The molecule has 0 saturated carbocycles. The summed E-state index contributed by atoms with van der Waals surface area (Å²) in [5.41, 5.74) is 3.34. The molecule has 4 rings (SSSR count). The van der Waals surface area contributed by atoms with E-state index in [0.29, 0.717) is 27.9 Å². The predicted octanol–water partition coefficient (Wildman–Crippen LogP) is 2.80. The zero-order valence-electron chi connectivity index (χ0n) is 14.7. The van der Waals surface area contributed by atoms with Gasteiger partial charge in [0.25, 0.3) is 5.91 Å². The first-order chi connectivity index (χ1) is 13.1. The number of rotatable bonds is 3. The molecule has 0 bridgehead atoms. The van der Waals surface area contributed by atoms with Gasteiger partial charge in [0.15, 0.2) is 10.9 Å². The van der Waals surface area contributed by atoms with Crippen LogP contribution in [0.5, 0.6) is 5.75 Å². The van der Waals surface area contributed by atoms with Crippen LogP contribution in [0.3, 0.4) is 0 Å². The van der Waals surface area contributed by atoms with E-state index in [0.717, 1.165) is 5.56 Å². The van der Waals surface area contributed by atoms with Crippen LogP contribution in [0.15, 0.2) is 52.7 Å². The van der Waals surface area contributed by atoms with Crippen molar-refractivity contribution in [3.63, 3.8) is 0 Å². The Kier molecular flexibility index (Phi) is 4.41. The maximum absolute atomic E-state index is 12.3. The number of aryl methyl sites for hydroxylation is 1. The lowest BCUT2D eigenvalue weighted by atomic mass is 10.1. The number of ether oxygens (including phenoxy) is 1. The molecule has 136 valence electrons. The van der Waals surface area contributed by atoms with Crippen LogP contribution < -0.4 is 15.0 Å². The number of hydrogen-bond donors (Lipinski definition) is 1. The van der Waals surface area contributed by atoms with Crippen LogP contribution in [-0.4, -0.2) is 35.6 Å². The van der Waals surface area contributed by atoms with Crippen molar-refractivity contribution in [2.75, 3.05) is 23.1 Å². The van der Waals surface area contributed by atoms with E-state index in [4.69, 9.17) is 4.74 Å². The monoisotopic (exact) mass is 380 g/mol. The van der Waals surface area contributed by atoms with E-state index in [-0.39, 0.29) is 23.3 Å². The highest BCUT2D eigenvalue weighted by molar-refractivity contribution is 8.15. The van der Waals surface area contributed by atoms with Crippen LogP contribution in [0, 0.1) is 6.92 Å². The third-order valence-electron chi connectivity index (χ3n) is 4.21. The van der Waals surface area contributed by atoms with Crippen molar-refractivity contribution in [3.8, 4) is 5.75 Å². The molecule has 0 atom stereocenters.